The summed E-state index contributed by atoms with van der Waals surface area (Å²) in [6.07, 6.45) is 0.363. The molecular weight excluding hydrogens is 298 g/mol. The number of aliphatic hydroxyl groups excluding tert-OH is 1. The number of hydrogen-bond donors (Lipinski definition) is 2. The molecule has 1 atom stereocenters. The van der Waals surface area contributed by atoms with Gasteiger partial charge < -0.3 is 5.11 Å². The topological polar surface area (TPSA) is 66.4 Å². The molecule has 4 nitrogen and oxygen atoms in total. The summed E-state index contributed by atoms with van der Waals surface area (Å²) in [4.78, 5) is 0.178. The van der Waals surface area contributed by atoms with Gasteiger partial charge in [-0.1, -0.05) is 38.4 Å². The number of rotatable bonds is 5. The number of hydrogen-bond acceptors (Lipinski definition) is 3. The molecule has 0 aliphatic heterocycles. The molecule has 0 aliphatic rings. The summed E-state index contributed by atoms with van der Waals surface area (Å²) in [5, 5.41) is 9.49. The second-order valence-electron chi connectivity index (χ2n) is 5.96. The van der Waals surface area contributed by atoms with Crippen molar-refractivity contribution in [3.63, 3.8) is 0 Å². The average Bonchev–Trinajstić information content (AvgIpc) is 2.30. The molecule has 0 amide bonds. The van der Waals surface area contributed by atoms with E-state index in [4.69, 9.17) is 16.7 Å². The van der Waals surface area contributed by atoms with E-state index in [1.54, 1.807) is 19.1 Å². The van der Waals surface area contributed by atoms with E-state index in [0.29, 0.717) is 17.0 Å². The largest absolute Gasteiger partial charge is 0.396 e. The van der Waals surface area contributed by atoms with E-state index in [0.717, 1.165) is 0 Å². The molecule has 1 rings (SSSR count). The number of nitrogens with one attached hydrogen (secondary N) is 1. The van der Waals surface area contributed by atoms with Crippen LogP contribution in [0.25, 0.3) is 0 Å². The predicted molar refractivity (Wildman–Crippen MR) is 81.5 cm³/mol. The number of halogens is 1. The van der Waals surface area contributed by atoms with E-state index in [1.165, 1.54) is 6.07 Å². The molecule has 1 aromatic carbocycles. The van der Waals surface area contributed by atoms with Gasteiger partial charge in [-0.05, 0) is 36.5 Å². The highest BCUT2D eigenvalue weighted by molar-refractivity contribution is 7.89. The van der Waals surface area contributed by atoms with Crippen LogP contribution in [0.4, 0.5) is 0 Å². The molecule has 0 bridgehead atoms. The maximum Gasteiger partial charge on any atom is 0.241 e. The first-order valence-corrected chi connectivity index (χ1v) is 8.33. The van der Waals surface area contributed by atoms with Gasteiger partial charge in [0.15, 0.2) is 0 Å². The monoisotopic (exact) mass is 319 g/mol. The van der Waals surface area contributed by atoms with E-state index >= 15 is 0 Å². The average molecular weight is 320 g/mol. The van der Waals surface area contributed by atoms with Crippen LogP contribution in [-0.4, -0.2) is 26.2 Å². The normalized spacial score (nSPS) is 14.3. The highest BCUT2D eigenvalue weighted by atomic mass is 35.5. The number of sulfonamides is 1. The zero-order chi connectivity index (χ0) is 15.6. The van der Waals surface area contributed by atoms with E-state index in [-0.39, 0.29) is 23.0 Å². The molecule has 20 heavy (non-hydrogen) atoms. The van der Waals surface area contributed by atoms with Gasteiger partial charge >= 0.3 is 0 Å². The Kier molecular flexibility index (Phi) is 5.61. The fourth-order valence-electron chi connectivity index (χ4n) is 1.91. The smallest absolute Gasteiger partial charge is 0.241 e. The summed E-state index contributed by atoms with van der Waals surface area (Å²) in [5.74, 6) is 0. The molecule has 2 N–H and O–H groups in total. The molecule has 0 saturated heterocycles. The van der Waals surface area contributed by atoms with E-state index < -0.39 is 10.0 Å². The fraction of sp³-hybridized carbons (Fsp3) is 0.571. The molecule has 114 valence electrons. The fourth-order valence-corrected chi connectivity index (χ4v) is 3.90. The lowest BCUT2D eigenvalue weighted by Gasteiger charge is -2.31. The van der Waals surface area contributed by atoms with Gasteiger partial charge in [0.2, 0.25) is 10.0 Å². The van der Waals surface area contributed by atoms with Crippen LogP contribution in [0.3, 0.4) is 0 Å². The molecule has 0 aromatic heterocycles. The molecule has 0 fully saturated rings. The zero-order valence-corrected chi connectivity index (χ0v) is 13.8. The van der Waals surface area contributed by atoms with Crippen molar-refractivity contribution in [2.45, 2.75) is 45.1 Å². The van der Waals surface area contributed by atoms with Gasteiger partial charge in [0, 0.05) is 17.7 Å². The Morgan fingerprint density at radius 1 is 1.35 bits per heavy atom. The van der Waals surface area contributed by atoms with Crippen molar-refractivity contribution in [3.8, 4) is 0 Å². The van der Waals surface area contributed by atoms with Gasteiger partial charge in [0.1, 0.15) is 0 Å². The van der Waals surface area contributed by atoms with Crippen LogP contribution in [0.5, 0.6) is 0 Å². The van der Waals surface area contributed by atoms with Gasteiger partial charge in [-0.15, -0.1) is 0 Å². The lowest BCUT2D eigenvalue weighted by Crippen LogP contribution is -2.44. The van der Waals surface area contributed by atoms with Crippen LogP contribution in [0.15, 0.2) is 23.1 Å². The molecule has 0 radical (unpaired) electrons. The lowest BCUT2D eigenvalue weighted by molar-refractivity contribution is 0.214. The number of aryl methyl sites for hydroxylation is 1. The Balaban J connectivity index is 3.13. The first kappa shape index (κ1) is 17.4. The first-order chi connectivity index (χ1) is 9.08. The minimum atomic E-state index is -3.66. The SMILES string of the molecule is Cc1ccc(Cl)cc1S(=O)(=O)NC(CCO)C(C)(C)C. The highest BCUT2D eigenvalue weighted by Crippen LogP contribution is 2.25. The van der Waals surface area contributed by atoms with Gasteiger partial charge in [0.05, 0.1) is 4.90 Å². The summed E-state index contributed by atoms with van der Waals surface area (Å²) >= 11 is 5.88. The maximum atomic E-state index is 12.5. The van der Waals surface area contributed by atoms with Crippen molar-refractivity contribution in [2.75, 3.05) is 6.61 Å². The summed E-state index contributed by atoms with van der Waals surface area (Å²) in [6.45, 7) is 7.45. The van der Waals surface area contributed by atoms with Gasteiger partial charge in [-0.3, -0.25) is 0 Å². The molecule has 0 aliphatic carbocycles. The van der Waals surface area contributed by atoms with Crippen LogP contribution in [0.1, 0.15) is 32.8 Å². The molecular formula is C14H22ClNO3S. The summed E-state index contributed by atoms with van der Waals surface area (Å²) in [6, 6.07) is 4.42. The van der Waals surface area contributed by atoms with Crippen molar-refractivity contribution in [2.24, 2.45) is 5.41 Å². The summed E-state index contributed by atoms with van der Waals surface area (Å²) in [5.41, 5.74) is 0.348. The Morgan fingerprint density at radius 2 is 1.95 bits per heavy atom. The van der Waals surface area contributed by atoms with Crippen molar-refractivity contribution in [3.05, 3.63) is 28.8 Å². The summed E-state index contributed by atoms with van der Waals surface area (Å²) < 4.78 is 27.6. The van der Waals surface area contributed by atoms with Crippen LogP contribution in [-0.2, 0) is 10.0 Å². The molecule has 0 spiro atoms. The number of aliphatic hydroxyl groups is 1. The van der Waals surface area contributed by atoms with Crippen molar-refractivity contribution < 1.29 is 13.5 Å². The summed E-state index contributed by atoms with van der Waals surface area (Å²) in [7, 11) is -3.66. The lowest BCUT2D eigenvalue weighted by atomic mass is 9.86. The second-order valence-corrected chi connectivity index (χ2v) is 8.08. The minimum absolute atomic E-state index is 0.0705. The Hall–Kier alpha value is -0.620. The van der Waals surface area contributed by atoms with Gasteiger partial charge in [-0.25, -0.2) is 13.1 Å². The minimum Gasteiger partial charge on any atom is -0.396 e. The Bertz CT molecular complexity index is 564. The Labute approximate surface area is 126 Å². The van der Waals surface area contributed by atoms with E-state index in [2.05, 4.69) is 4.72 Å². The van der Waals surface area contributed by atoms with Gasteiger partial charge in [0.25, 0.3) is 0 Å². The molecule has 6 heteroatoms. The Morgan fingerprint density at radius 3 is 2.45 bits per heavy atom. The van der Waals surface area contributed by atoms with Crippen LogP contribution < -0.4 is 4.72 Å². The quantitative estimate of drug-likeness (QED) is 0.877. The second kappa shape index (κ2) is 6.43. The molecule has 1 aromatic rings. The molecule has 0 heterocycles. The standard InChI is InChI=1S/C14H22ClNO3S/c1-10-5-6-11(15)9-12(10)20(18,19)16-13(7-8-17)14(2,3)4/h5-6,9,13,16-17H,7-8H2,1-4H3. The maximum absolute atomic E-state index is 12.5. The van der Waals surface area contributed by atoms with Crippen molar-refractivity contribution in [1.82, 2.24) is 4.72 Å². The van der Waals surface area contributed by atoms with E-state index in [9.17, 15) is 8.42 Å². The molecule has 0 saturated carbocycles. The van der Waals surface area contributed by atoms with Crippen molar-refractivity contribution >= 4 is 21.6 Å². The van der Waals surface area contributed by atoms with Crippen molar-refractivity contribution in [1.29, 1.82) is 0 Å². The van der Waals surface area contributed by atoms with Crippen LogP contribution in [0.2, 0.25) is 5.02 Å². The van der Waals surface area contributed by atoms with E-state index in [1.807, 2.05) is 20.8 Å². The van der Waals surface area contributed by atoms with Crippen LogP contribution >= 0.6 is 11.6 Å². The number of benzene rings is 1. The van der Waals surface area contributed by atoms with Crippen LogP contribution in [0, 0.1) is 12.3 Å². The molecule has 1 unspecified atom stereocenters. The predicted octanol–water partition coefficient (Wildman–Crippen LogP) is 2.72. The zero-order valence-electron chi connectivity index (χ0n) is 12.3. The first-order valence-electron chi connectivity index (χ1n) is 6.47. The third kappa shape index (κ3) is 4.45. The highest BCUT2D eigenvalue weighted by Gasteiger charge is 2.29. The third-order valence-electron chi connectivity index (χ3n) is 3.20. The van der Waals surface area contributed by atoms with Gasteiger partial charge in [-0.2, -0.15) is 0 Å². The third-order valence-corrected chi connectivity index (χ3v) is 5.05.